The molecule has 0 radical (unpaired) electrons. The Morgan fingerprint density at radius 3 is 2.52 bits per heavy atom. The van der Waals surface area contributed by atoms with Crippen molar-refractivity contribution in [2.24, 2.45) is 5.92 Å². The number of nitrogens with zero attached hydrogens (tertiary/aromatic N) is 2. The second kappa shape index (κ2) is 6.08. The van der Waals surface area contributed by atoms with Gasteiger partial charge in [-0.05, 0) is 41.9 Å². The molecule has 21 heavy (non-hydrogen) atoms. The fraction of sp³-hybridized carbons (Fsp3) is 0.412. The molecule has 1 heterocycles. The van der Waals surface area contributed by atoms with Crippen molar-refractivity contribution in [2.45, 2.75) is 37.7 Å². The van der Waals surface area contributed by atoms with Crippen LogP contribution in [0.3, 0.4) is 0 Å². The first-order chi connectivity index (χ1) is 10.2. The molecule has 2 aromatic rings. The maximum Gasteiger partial charge on any atom is 0.179 e. The van der Waals surface area contributed by atoms with Gasteiger partial charge in [0.15, 0.2) is 11.4 Å². The predicted octanol–water partition coefficient (Wildman–Crippen LogP) is 4.00. The highest BCUT2D eigenvalue weighted by molar-refractivity contribution is 7.06. The molecular weight excluding hydrogens is 280 g/mol. The van der Waals surface area contributed by atoms with Gasteiger partial charge in [-0.1, -0.05) is 56.2 Å². The van der Waals surface area contributed by atoms with E-state index in [-0.39, 0.29) is 5.92 Å². The summed E-state index contributed by atoms with van der Waals surface area (Å²) in [6.07, 6.45) is 7.32. The first kappa shape index (κ1) is 14.4. The Labute approximate surface area is 129 Å². The Hall–Kier alpha value is -1.52. The van der Waals surface area contributed by atoms with Crippen LogP contribution in [0.15, 0.2) is 36.9 Å². The maximum atomic E-state index is 11.5. The molecule has 0 aliphatic heterocycles. The van der Waals surface area contributed by atoms with Crippen molar-refractivity contribution in [3.8, 4) is 0 Å². The molecule has 1 aromatic heterocycles. The van der Waals surface area contributed by atoms with Crippen molar-refractivity contribution >= 4 is 17.6 Å². The highest BCUT2D eigenvalue weighted by Gasteiger charge is 2.43. The van der Waals surface area contributed by atoms with Crippen LogP contribution in [0.4, 0.5) is 0 Å². The molecule has 1 aliphatic carbocycles. The summed E-state index contributed by atoms with van der Waals surface area (Å²) >= 11 is 1.30. The van der Waals surface area contributed by atoms with E-state index in [2.05, 4.69) is 15.9 Å². The minimum Gasteiger partial charge on any atom is -0.377 e. The number of aromatic nitrogens is 2. The van der Waals surface area contributed by atoms with Gasteiger partial charge in [0.2, 0.25) is 0 Å². The summed E-state index contributed by atoms with van der Waals surface area (Å²) in [4.78, 5) is 4.49. The molecule has 1 fully saturated rings. The molecule has 0 saturated heterocycles. The number of hydrogen-bond donors (Lipinski definition) is 1. The topological polar surface area (TPSA) is 46.0 Å². The average Bonchev–Trinajstić information content (AvgIpc) is 3.05. The van der Waals surface area contributed by atoms with E-state index in [1.54, 1.807) is 6.08 Å². The monoisotopic (exact) mass is 300 g/mol. The molecule has 0 amide bonds. The summed E-state index contributed by atoms with van der Waals surface area (Å²) in [5.41, 5.74) is -0.190. The van der Waals surface area contributed by atoms with Gasteiger partial charge >= 0.3 is 0 Å². The molecule has 0 spiro atoms. The van der Waals surface area contributed by atoms with Crippen molar-refractivity contribution in [1.82, 2.24) is 9.36 Å². The number of hydrogen-bond acceptors (Lipinski definition) is 4. The van der Waals surface area contributed by atoms with Gasteiger partial charge in [-0.15, -0.1) is 0 Å². The molecule has 3 nitrogen and oxygen atoms in total. The second-order valence-corrected chi connectivity index (χ2v) is 6.41. The van der Waals surface area contributed by atoms with Crippen LogP contribution in [-0.2, 0) is 5.60 Å². The minimum atomic E-state index is -1.08. The molecule has 0 bridgehead atoms. The third-order valence-corrected chi connectivity index (χ3v) is 5.08. The minimum absolute atomic E-state index is 0.181. The van der Waals surface area contributed by atoms with Crippen molar-refractivity contribution in [1.29, 1.82) is 0 Å². The maximum absolute atomic E-state index is 11.5. The molecular formula is C17H20N2OS. The van der Waals surface area contributed by atoms with Crippen molar-refractivity contribution < 1.29 is 5.11 Å². The molecule has 3 rings (SSSR count). The smallest absolute Gasteiger partial charge is 0.179 e. The fourth-order valence-corrected chi connectivity index (χ4v) is 3.79. The van der Waals surface area contributed by atoms with Crippen molar-refractivity contribution in [2.75, 3.05) is 0 Å². The van der Waals surface area contributed by atoms with Crippen LogP contribution in [-0.4, -0.2) is 14.5 Å². The number of aliphatic hydroxyl groups is 1. The first-order valence-corrected chi connectivity index (χ1v) is 8.27. The van der Waals surface area contributed by atoms with E-state index in [1.165, 1.54) is 18.0 Å². The first-order valence-electron chi connectivity index (χ1n) is 7.49. The predicted molar refractivity (Wildman–Crippen MR) is 86.0 cm³/mol. The lowest BCUT2D eigenvalue weighted by atomic mass is 9.73. The molecule has 1 saturated carbocycles. The summed E-state index contributed by atoms with van der Waals surface area (Å²) in [5, 5.41) is 12.3. The van der Waals surface area contributed by atoms with Crippen LogP contribution in [0.1, 0.15) is 48.5 Å². The van der Waals surface area contributed by atoms with Gasteiger partial charge in [0.25, 0.3) is 0 Å². The molecule has 110 valence electrons. The number of rotatable bonds is 4. The van der Waals surface area contributed by atoms with Crippen LogP contribution in [0, 0.1) is 5.92 Å². The van der Waals surface area contributed by atoms with E-state index in [4.69, 9.17) is 0 Å². The van der Waals surface area contributed by atoms with Crippen molar-refractivity contribution in [3.63, 3.8) is 0 Å². The Balaban J connectivity index is 2.07. The zero-order valence-electron chi connectivity index (χ0n) is 12.0. The van der Waals surface area contributed by atoms with Gasteiger partial charge in [0.1, 0.15) is 5.01 Å². The van der Waals surface area contributed by atoms with E-state index in [0.717, 1.165) is 36.3 Å². The summed E-state index contributed by atoms with van der Waals surface area (Å²) in [6.45, 7) is 3.74. The highest BCUT2D eigenvalue weighted by atomic mass is 32.1. The Bertz CT molecular complexity index is 604. The third-order valence-electron chi connectivity index (χ3n) is 4.37. The van der Waals surface area contributed by atoms with Gasteiger partial charge in [0, 0.05) is 0 Å². The SMILES string of the molecule is C=Cc1nc(C(O)(c2ccccc2)C2CCCCC2)ns1. The van der Waals surface area contributed by atoms with Crippen LogP contribution < -0.4 is 0 Å². The zero-order chi connectivity index (χ0) is 14.7. The van der Waals surface area contributed by atoms with E-state index in [0.29, 0.717) is 5.82 Å². The zero-order valence-corrected chi connectivity index (χ0v) is 12.9. The second-order valence-electron chi connectivity index (χ2n) is 5.63. The third kappa shape index (κ3) is 2.65. The lowest BCUT2D eigenvalue weighted by Crippen LogP contribution is -2.38. The van der Waals surface area contributed by atoms with E-state index in [9.17, 15) is 5.11 Å². The van der Waals surface area contributed by atoms with Crippen LogP contribution >= 0.6 is 11.5 Å². The van der Waals surface area contributed by atoms with Gasteiger partial charge in [-0.25, -0.2) is 4.98 Å². The lowest BCUT2D eigenvalue weighted by molar-refractivity contribution is -0.00746. The Kier molecular flexibility index (Phi) is 4.17. The Morgan fingerprint density at radius 1 is 1.19 bits per heavy atom. The summed E-state index contributed by atoms with van der Waals surface area (Å²) in [6, 6.07) is 9.84. The molecule has 1 unspecified atom stereocenters. The van der Waals surface area contributed by atoms with Crippen LogP contribution in [0.5, 0.6) is 0 Å². The van der Waals surface area contributed by atoms with E-state index >= 15 is 0 Å². The van der Waals surface area contributed by atoms with Crippen LogP contribution in [0.2, 0.25) is 0 Å². The highest BCUT2D eigenvalue weighted by Crippen LogP contribution is 2.43. The van der Waals surface area contributed by atoms with Gasteiger partial charge < -0.3 is 5.11 Å². The molecule has 1 aromatic carbocycles. The van der Waals surface area contributed by atoms with E-state index < -0.39 is 5.60 Å². The van der Waals surface area contributed by atoms with Gasteiger partial charge in [-0.3, -0.25) is 0 Å². The largest absolute Gasteiger partial charge is 0.377 e. The van der Waals surface area contributed by atoms with Gasteiger partial charge in [-0.2, -0.15) is 4.37 Å². The number of benzene rings is 1. The summed E-state index contributed by atoms with van der Waals surface area (Å²) in [5.74, 6) is 0.710. The van der Waals surface area contributed by atoms with Gasteiger partial charge in [0.05, 0.1) is 0 Å². The lowest BCUT2D eigenvalue weighted by Gasteiger charge is -2.36. The molecule has 1 atom stereocenters. The average molecular weight is 300 g/mol. The van der Waals surface area contributed by atoms with Crippen molar-refractivity contribution in [3.05, 3.63) is 53.3 Å². The normalized spacial score (nSPS) is 19.1. The van der Waals surface area contributed by atoms with Crippen LogP contribution in [0.25, 0.3) is 6.08 Å². The van der Waals surface area contributed by atoms with E-state index in [1.807, 2.05) is 30.3 Å². The summed E-state index contributed by atoms with van der Waals surface area (Å²) < 4.78 is 4.42. The molecule has 4 heteroatoms. The molecule has 1 aliphatic rings. The molecule has 1 N–H and O–H groups in total. The fourth-order valence-electron chi connectivity index (χ4n) is 3.23. The Morgan fingerprint density at radius 2 is 1.90 bits per heavy atom. The standard InChI is InChI=1S/C17H20N2OS/c1-2-15-18-16(19-21-15)17(20,13-9-5-3-6-10-13)14-11-7-4-8-12-14/h2-3,5-6,9-10,14,20H,1,4,7-8,11-12H2. The summed E-state index contributed by atoms with van der Waals surface area (Å²) in [7, 11) is 0. The quantitative estimate of drug-likeness (QED) is 0.928.